The van der Waals surface area contributed by atoms with Crippen LogP contribution in [0.1, 0.15) is 22.6 Å². The van der Waals surface area contributed by atoms with Gasteiger partial charge in [-0.3, -0.25) is 9.56 Å². The van der Waals surface area contributed by atoms with Gasteiger partial charge in [-0.2, -0.15) is 0 Å². The Hall–Kier alpha value is -2.53. The molecule has 2 aromatic carbocycles. The molecule has 0 amide bonds. The van der Waals surface area contributed by atoms with Crippen LogP contribution in [0.25, 0.3) is 5.69 Å². The van der Waals surface area contributed by atoms with Crippen molar-refractivity contribution in [1.29, 1.82) is 0 Å². The minimum Gasteiger partial charge on any atom is -0.296 e. The second-order valence-corrected chi connectivity index (χ2v) is 6.02. The van der Waals surface area contributed by atoms with Crippen molar-refractivity contribution in [2.45, 2.75) is 13.5 Å². The van der Waals surface area contributed by atoms with E-state index in [1.54, 1.807) is 35.0 Å². The summed E-state index contributed by atoms with van der Waals surface area (Å²) in [5.74, 6) is -0.314. The predicted molar refractivity (Wildman–Crippen MR) is 89.0 cm³/mol. The van der Waals surface area contributed by atoms with Gasteiger partial charge in [0.25, 0.3) is 0 Å². The summed E-state index contributed by atoms with van der Waals surface area (Å²) in [4.78, 5) is 8.79. The summed E-state index contributed by atoms with van der Waals surface area (Å²) in [5.41, 5.74) is 2.20. The fourth-order valence-electron chi connectivity index (χ4n) is 3.00. The van der Waals surface area contributed by atoms with Gasteiger partial charge in [0.2, 0.25) is 0 Å². The summed E-state index contributed by atoms with van der Waals surface area (Å²) >= 11 is 6.05. The lowest BCUT2D eigenvalue weighted by Gasteiger charge is -2.15. The molecular weight excluding hydrogens is 332 g/mol. The lowest BCUT2D eigenvalue weighted by Crippen LogP contribution is -2.11. The van der Waals surface area contributed by atoms with Crippen molar-refractivity contribution in [3.63, 3.8) is 0 Å². The van der Waals surface area contributed by atoms with Crippen molar-refractivity contribution in [1.82, 2.24) is 9.55 Å². The van der Waals surface area contributed by atoms with Crippen LogP contribution in [0, 0.1) is 18.6 Å². The summed E-state index contributed by atoms with van der Waals surface area (Å²) in [6.07, 6.45) is 1.66. The fourth-order valence-corrected chi connectivity index (χ4v) is 3.20. The molecular formula is C18H12ClF2N3. The van der Waals surface area contributed by atoms with E-state index in [1.807, 2.05) is 6.92 Å². The molecule has 6 heteroatoms. The standard InChI is InChI=1S/C18H12ClF2N3/c1-10-8-22-16-9-23-17(12-4-2-3-5-14(12)20)13-6-11(19)7-15(21)18(13)24(10)16/h2-8H,9H2,1H3. The Kier molecular flexibility index (Phi) is 3.46. The molecule has 3 nitrogen and oxygen atoms in total. The van der Waals surface area contributed by atoms with Crippen molar-refractivity contribution >= 4 is 17.3 Å². The van der Waals surface area contributed by atoms with E-state index in [2.05, 4.69) is 9.98 Å². The second kappa shape index (κ2) is 5.53. The van der Waals surface area contributed by atoms with Gasteiger partial charge in [-0.25, -0.2) is 13.8 Å². The fraction of sp³-hybridized carbons (Fsp3) is 0.111. The number of fused-ring (bicyclic) bond motifs is 3. The van der Waals surface area contributed by atoms with Crippen molar-refractivity contribution in [2.75, 3.05) is 0 Å². The molecule has 1 aromatic heterocycles. The van der Waals surface area contributed by atoms with E-state index in [9.17, 15) is 8.78 Å². The van der Waals surface area contributed by atoms with E-state index in [1.165, 1.54) is 12.1 Å². The van der Waals surface area contributed by atoms with Crippen molar-refractivity contribution in [2.24, 2.45) is 4.99 Å². The molecule has 3 aromatic rings. The highest BCUT2D eigenvalue weighted by atomic mass is 35.5. The molecule has 0 saturated heterocycles. The first-order valence-corrected chi connectivity index (χ1v) is 7.76. The van der Waals surface area contributed by atoms with Crippen molar-refractivity contribution in [3.05, 3.63) is 81.9 Å². The minimum absolute atomic E-state index is 0.225. The highest BCUT2D eigenvalue weighted by Crippen LogP contribution is 2.31. The van der Waals surface area contributed by atoms with E-state index in [0.717, 1.165) is 5.69 Å². The van der Waals surface area contributed by atoms with E-state index < -0.39 is 11.6 Å². The van der Waals surface area contributed by atoms with Crippen LogP contribution in [0.15, 0.2) is 47.6 Å². The minimum atomic E-state index is -0.495. The Bertz CT molecular complexity index is 992. The summed E-state index contributed by atoms with van der Waals surface area (Å²) in [5, 5.41) is 0.233. The van der Waals surface area contributed by atoms with Crippen molar-refractivity contribution < 1.29 is 8.78 Å². The first kappa shape index (κ1) is 15.0. The van der Waals surface area contributed by atoms with Gasteiger partial charge in [0.05, 0.1) is 17.9 Å². The Balaban J connectivity index is 2.07. The number of aliphatic imine (C=N–C) groups is 1. The Labute approximate surface area is 142 Å². The highest BCUT2D eigenvalue weighted by Gasteiger charge is 2.25. The molecule has 1 aliphatic heterocycles. The third-order valence-electron chi connectivity index (χ3n) is 4.03. The normalized spacial score (nSPS) is 13.1. The van der Waals surface area contributed by atoms with Crippen LogP contribution in [0.2, 0.25) is 5.02 Å². The van der Waals surface area contributed by atoms with Gasteiger partial charge in [-0.15, -0.1) is 0 Å². The lowest BCUT2D eigenvalue weighted by molar-refractivity contribution is 0.614. The van der Waals surface area contributed by atoms with E-state index in [4.69, 9.17) is 11.6 Å². The van der Waals surface area contributed by atoms with E-state index >= 15 is 0 Å². The molecule has 24 heavy (non-hydrogen) atoms. The maximum absolute atomic E-state index is 14.8. The Morgan fingerprint density at radius 3 is 2.67 bits per heavy atom. The average molecular weight is 344 g/mol. The number of aromatic nitrogens is 2. The number of aryl methyl sites for hydroxylation is 1. The van der Waals surface area contributed by atoms with Crippen molar-refractivity contribution in [3.8, 4) is 5.69 Å². The summed E-state index contributed by atoms with van der Waals surface area (Å²) in [6.45, 7) is 2.06. The maximum Gasteiger partial charge on any atom is 0.149 e. The smallest absolute Gasteiger partial charge is 0.149 e. The SMILES string of the molecule is Cc1cnc2n1-c1c(F)cc(Cl)cc1C(c1ccccc1F)=NC2. The van der Waals surface area contributed by atoms with Crippen LogP contribution in [-0.2, 0) is 6.54 Å². The monoisotopic (exact) mass is 343 g/mol. The molecule has 0 atom stereocenters. The van der Waals surface area contributed by atoms with Gasteiger partial charge in [-0.05, 0) is 31.2 Å². The first-order chi connectivity index (χ1) is 11.6. The Morgan fingerprint density at radius 1 is 1.08 bits per heavy atom. The largest absolute Gasteiger partial charge is 0.296 e. The average Bonchev–Trinajstić information content (AvgIpc) is 2.81. The summed E-state index contributed by atoms with van der Waals surface area (Å²) in [7, 11) is 0. The number of rotatable bonds is 1. The van der Waals surface area contributed by atoms with Gasteiger partial charge < -0.3 is 0 Å². The summed E-state index contributed by atoms with van der Waals surface area (Å²) in [6, 6.07) is 9.15. The molecule has 0 N–H and O–H groups in total. The molecule has 120 valence electrons. The molecule has 0 spiro atoms. The molecule has 0 unspecified atom stereocenters. The zero-order valence-corrected chi connectivity index (χ0v) is 13.5. The van der Waals surface area contributed by atoms with Crippen LogP contribution in [-0.4, -0.2) is 15.3 Å². The van der Waals surface area contributed by atoms with Gasteiger partial charge in [-0.1, -0.05) is 23.7 Å². The molecule has 4 rings (SSSR count). The van der Waals surface area contributed by atoms with Gasteiger partial charge in [0.15, 0.2) is 0 Å². The zero-order chi connectivity index (χ0) is 16.8. The second-order valence-electron chi connectivity index (χ2n) is 5.58. The highest BCUT2D eigenvalue weighted by molar-refractivity contribution is 6.31. The van der Waals surface area contributed by atoms with Gasteiger partial charge in [0, 0.05) is 28.0 Å². The number of hydrogen-bond acceptors (Lipinski definition) is 2. The molecule has 0 radical (unpaired) electrons. The van der Waals surface area contributed by atoms with Crippen LogP contribution in [0.5, 0.6) is 0 Å². The van der Waals surface area contributed by atoms with Crippen LogP contribution < -0.4 is 0 Å². The molecule has 1 aliphatic rings. The number of hydrogen-bond donors (Lipinski definition) is 0. The molecule has 2 heterocycles. The number of benzene rings is 2. The maximum atomic E-state index is 14.8. The third-order valence-corrected chi connectivity index (χ3v) is 4.24. The number of imidazole rings is 1. The van der Waals surface area contributed by atoms with E-state index in [0.29, 0.717) is 28.4 Å². The molecule has 0 saturated carbocycles. The number of nitrogens with zero attached hydrogens (tertiary/aromatic N) is 3. The first-order valence-electron chi connectivity index (χ1n) is 7.38. The molecule has 0 fully saturated rings. The third kappa shape index (κ3) is 2.24. The number of halogens is 3. The molecule has 0 bridgehead atoms. The summed E-state index contributed by atoms with van der Waals surface area (Å²) < 4.78 is 30.8. The van der Waals surface area contributed by atoms with E-state index in [-0.39, 0.29) is 11.6 Å². The van der Waals surface area contributed by atoms with Gasteiger partial charge >= 0.3 is 0 Å². The topological polar surface area (TPSA) is 30.2 Å². The quantitative estimate of drug-likeness (QED) is 0.641. The van der Waals surface area contributed by atoms with Gasteiger partial charge in [0.1, 0.15) is 17.5 Å². The van der Waals surface area contributed by atoms with Crippen LogP contribution in [0.3, 0.4) is 0 Å². The Morgan fingerprint density at radius 2 is 1.88 bits per heavy atom. The zero-order valence-electron chi connectivity index (χ0n) is 12.7. The lowest BCUT2D eigenvalue weighted by atomic mass is 9.99. The van der Waals surface area contributed by atoms with Crippen LogP contribution >= 0.6 is 11.6 Å². The molecule has 0 aliphatic carbocycles. The predicted octanol–water partition coefficient (Wildman–Crippen LogP) is 4.46. The van der Waals surface area contributed by atoms with Crippen LogP contribution in [0.4, 0.5) is 8.78 Å².